The van der Waals surface area contributed by atoms with Crippen molar-refractivity contribution in [2.24, 2.45) is 11.3 Å². The molecule has 0 spiro atoms. The summed E-state index contributed by atoms with van der Waals surface area (Å²) in [5.41, 5.74) is 2.10. The Morgan fingerprint density at radius 1 is 1.38 bits per heavy atom. The third-order valence-corrected chi connectivity index (χ3v) is 3.47. The van der Waals surface area contributed by atoms with Crippen LogP contribution >= 0.6 is 0 Å². The predicted molar refractivity (Wildman–Crippen MR) is 72.7 cm³/mol. The summed E-state index contributed by atoms with van der Waals surface area (Å²) >= 11 is 0. The van der Waals surface area contributed by atoms with Gasteiger partial charge in [0.15, 0.2) is 0 Å². The number of nitrogens with zero attached hydrogens (tertiary/aromatic N) is 1. The van der Waals surface area contributed by atoms with Gasteiger partial charge in [0.2, 0.25) is 0 Å². The molecular weight excluding hydrogens is 194 g/mol. The highest BCUT2D eigenvalue weighted by molar-refractivity contribution is 5.09. The van der Waals surface area contributed by atoms with Gasteiger partial charge in [0.1, 0.15) is 0 Å². The summed E-state index contributed by atoms with van der Waals surface area (Å²) in [6.45, 7) is 15.5. The smallest absolute Gasteiger partial charge is 0.00359 e. The zero-order valence-electron chi connectivity index (χ0n) is 11.8. The van der Waals surface area contributed by atoms with Gasteiger partial charge in [-0.3, -0.25) is 0 Å². The molecule has 0 amide bonds. The van der Waals surface area contributed by atoms with Gasteiger partial charge in [-0.1, -0.05) is 46.3 Å². The molecule has 1 heteroatoms. The van der Waals surface area contributed by atoms with Crippen molar-refractivity contribution in [3.63, 3.8) is 0 Å². The first kappa shape index (κ1) is 13.8. The van der Waals surface area contributed by atoms with Crippen LogP contribution in [0.1, 0.15) is 53.9 Å². The maximum atomic E-state index is 2.63. The van der Waals surface area contributed by atoms with E-state index in [1.54, 1.807) is 5.57 Å². The third kappa shape index (κ3) is 4.29. The van der Waals surface area contributed by atoms with Crippen LogP contribution in [-0.2, 0) is 0 Å². The summed E-state index contributed by atoms with van der Waals surface area (Å²) in [6.07, 6.45) is 6.28. The van der Waals surface area contributed by atoms with E-state index in [4.69, 9.17) is 0 Å². The van der Waals surface area contributed by atoms with Crippen LogP contribution in [0.3, 0.4) is 0 Å². The van der Waals surface area contributed by atoms with Crippen LogP contribution in [0, 0.1) is 11.3 Å². The first-order valence-electron chi connectivity index (χ1n) is 6.86. The van der Waals surface area contributed by atoms with E-state index in [9.17, 15) is 0 Å². The molecule has 0 aliphatic carbocycles. The van der Waals surface area contributed by atoms with Crippen molar-refractivity contribution in [2.75, 3.05) is 19.6 Å². The quantitative estimate of drug-likeness (QED) is 0.651. The molecule has 1 aliphatic rings. The molecule has 1 aliphatic heterocycles. The van der Waals surface area contributed by atoms with E-state index in [2.05, 4.69) is 45.6 Å². The molecule has 0 radical (unpaired) electrons. The molecule has 16 heavy (non-hydrogen) atoms. The maximum absolute atomic E-state index is 2.63. The highest BCUT2D eigenvalue weighted by atomic mass is 15.1. The van der Waals surface area contributed by atoms with Gasteiger partial charge in [0.25, 0.3) is 0 Å². The second kappa shape index (κ2) is 5.86. The van der Waals surface area contributed by atoms with Crippen molar-refractivity contribution in [1.29, 1.82) is 0 Å². The lowest BCUT2D eigenvalue weighted by Gasteiger charge is -2.36. The highest BCUT2D eigenvalue weighted by Crippen LogP contribution is 2.31. The molecule has 0 saturated heterocycles. The fourth-order valence-electron chi connectivity index (χ4n) is 2.74. The molecule has 0 N–H and O–H groups in total. The van der Waals surface area contributed by atoms with Crippen LogP contribution in [0.15, 0.2) is 11.6 Å². The van der Waals surface area contributed by atoms with Crippen LogP contribution in [0.5, 0.6) is 0 Å². The topological polar surface area (TPSA) is 3.24 Å². The first-order valence-corrected chi connectivity index (χ1v) is 6.86. The first-order chi connectivity index (χ1) is 7.44. The van der Waals surface area contributed by atoms with E-state index in [0.29, 0.717) is 5.41 Å². The summed E-state index contributed by atoms with van der Waals surface area (Å²) in [4.78, 5) is 2.63. The molecule has 0 aromatic carbocycles. The van der Waals surface area contributed by atoms with Crippen LogP contribution in [0.4, 0.5) is 0 Å². The van der Waals surface area contributed by atoms with E-state index in [1.165, 1.54) is 38.9 Å². The van der Waals surface area contributed by atoms with Crippen LogP contribution < -0.4 is 0 Å². The van der Waals surface area contributed by atoms with E-state index in [0.717, 1.165) is 5.92 Å². The lowest BCUT2D eigenvalue weighted by atomic mass is 9.80. The molecule has 0 saturated carbocycles. The van der Waals surface area contributed by atoms with Crippen LogP contribution in [0.25, 0.3) is 0 Å². The van der Waals surface area contributed by atoms with Crippen molar-refractivity contribution < 1.29 is 0 Å². The minimum Gasteiger partial charge on any atom is -0.302 e. The highest BCUT2D eigenvalue weighted by Gasteiger charge is 2.25. The Labute approximate surface area is 102 Å². The van der Waals surface area contributed by atoms with Crippen molar-refractivity contribution in [3.05, 3.63) is 11.6 Å². The van der Waals surface area contributed by atoms with Crippen LogP contribution in [-0.4, -0.2) is 24.5 Å². The van der Waals surface area contributed by atoms with Gasteiger partial charge in [-0.15, -0.1) is 0 Å². The number of rotatable bonds is 3. The van der Waals surface area contributed by atoms with E-state index in [-0.39, 0.29) is 0 Å². The molecule has 0 bridgehead atoms. The van der Waals surface area contributed by atoms with Crippen LogP contribution in [0.2, 0.25) is 0 Å². The average Bonchev–Trinajstić information content (AvgIpc) is 2.12. The van der Waals surface area contributed by atoms with E-state index < -0.39 is 0 Å². The average molecular weight is 223 g/mol. The summed E-state index contributed by atoms with van der Waals surface area (Å²) in [6, 6.07) is 0. The Morgan fingerprint density at radius 2 is 2.06 bits per heavy atom. The Kier molecular flexibility index (Phi) is 5.04. The largest absolute Gasteiger partial charge is 0.302 e. The number of hydrogen-bond donors (Lipinski definition) is 0. The molecule has 1 nitrogen and oxygen atoms in total. The molecule has 94 valence electrons. The van der Waals surface area contributed by atoms with Gasteiger partial charge in [-0.25, -0.2) is 0 Å². The fourth-order valence-corrected chi connectivity index (χ4v) is 2.74. The molecule has 0 fully saturated rings. The molecule has 1 rings (SSSR count). The van der Waals surface area contributed by atoms with Gasteiger partial charge < -0.3 is 4.90 Å². The monoisotopic (exact) mass is 223 g/mol. The van der Waals surface area contributed by atoms with Gasteiger partial charge in [0.05, 0.1) is 0 Å². The fraction of sp³-hybridized carbons (Fsp3) is 0.867. The zero-order valence-corrected chi connectivity index (χ0v) is 11.8. The summed E-state index contributed by atoms with van der Waals surface area (Å²) in [5.74, 6) is 0.719. The Bertz CT molecular complexity index is 238. The normalized spacial score (nSPS) is 26.0. The third-order valence-electron chi connectivity index (χ3n) is 3.47. The Hall–Kier alpha value is -0.300. The van der Waals surface area contributed by atoms with Gasteiger partial charge in [-0.05, 0) is 37.1 Å². The summed E-state index contributed by atoms with van der Waals surface area (Å²) in [7, 11) is 0. The zero-order chi connectivity index (χ0) is 12.2. The summed E-state index contributed by atoms with van der Waals surface area (Å²) in [5, 5.41) is 0. The second-order valence-electron chi connectivity index (χ2n) is 6.34. The van der Waals surface area contributed by atoms with Crippen molar-refractivity contribution in [3.8, 4) is 0 Å². The predicted octanol–water partition coefficient (Wildman–Crippen LogP) is 4.10. The van der Waals surface area contributed by atoms with Gasteiger partial charge >= 0.3 is 0 Å². The van der Waals surface area contributed by atoms with Crippen molar-refractivity contribution in [2.45, 2.75) is 53.9 Å². The van der Waals surface area contributed by atoms with E-state index >= 15 is 0 Å². The molecule has 0 aromatic rings. The molecule has 0 atom stereocenters. The van der Waals surface area contributed by atoms with Crippen molar-refractivity contribution >= 4 is 0 Å². The lowest BCUT2D eigenvalue weighted by Crippen LogP contribution is -2.37. The molecule has 0 unspecified atom stereocenters. The summed E-state index contributed by atoms with van der Waals surface area (Å²) < 4.78 is 0. The van der Waals surface area contributed by atoms with Crippen molar-refractivity contribution in [1.82, 2.24) is 4.90 Å². The SMILES string of the molecule is CCCN1CC/C=C(\C(C)C)CC(C)(C)C1. The number of hydrogen-bond acceptors (Lipinski definition) is 1. The number of allylic oxidation sites excluding steroid dienone is 1. The molecular formula is C15H29N. The van der Waals surface area contributed by atoms with Gasteiger partial charge in [0, 0.05) is 13.1 Å². The minimum absolute atomic E-state index is 0.436. The second-order valence-corrected chi connectivity index (χ2v) is 6.34. The van der Waals surface area contributed by atoms with Gasteiger partial charge in [-0.2, -0.15) is 0 Å². The minimum atomic E-state index is 0.436. The Morgan fingerprint density at radius 3 is 2.62 bits per heavy atom. The standard InChI is InChI=1S/C15H29N/c1-6-9-16-10-7-8-14(13(2)3)11-15(4,5)12-16/h8,13H,6-7,9-12H2,1-5H3/b14-8-. The molecule has 1 heterocycles. The maximum Gasteiger partial charge on any atom is 0.00359 e. The Balaban J connectivity index is 2.71. The molecule has 0 aromatic heterocycles. The van der Waals surface area contributed by atoms with E-state index in [1.807, 2.05) is 0 Å². The lowest BCUT2D eigenvalue weighted by molar-refractivity contribution is 0.171.